The number of alkyl halides is 3. The first-order valence-corrected chi connectivity index (χ1v) is 6.79. The fourth-order valence-corrected chi connectivity index (χ4v) is 2.18. The Morgan fingerprint density at radius 1 is 1.23 bits per heavy atom. The monoisotopic (exact) mass is 313 g/mol. The second-order valence-corrected chi connectivity index (χ2v) is 5.36. The van der Waals surface area contributed by atoms with Gasteiger partial charge in [-0.1, -0.05) is 5.16 Å². The minimum absolute atomic E-state index is 0.120. The third-order valence-electron chi connectivity index (χ3n) is 3.62. The van der Waals surface area contributed by atoms with Gasteiger partial charge in [0.15, 0.2) is 12.4 Å². The molecule has 2 aromatic rings. The quantitative estimate of drug-likeness (QED) is 0.939. The second-order valence-electron chi connectivity index (χ2n) is 5.36. The molecule has 2 N–H and O–H groups in total. The van der Waals surface area contributed by atoms with Gasteiger partial charge in [-0.05, 0) is 43.5 Å². The van der Waals surface area contributed by atoms with Gasteiger partial charge in [-0.2, -0.15) is 18.2 Å². The number of hydrogen-bond acceptors (Lipinski definition) is 5. The Morgan fingerprint density at radius 3 is 2.45 bits per heavy atom. The highest BCUT2D eigenvalue weighted by atomic mass is 19.4. The van der Waals surface area contributed by atoms with Gasteiger partial charge in [-0.25, -0.2) is 0 Å². The van der Waals surface area contributed by atoms with Gasteiger partial charge in [0, 0.05) is 5.56 Å². The average molecular weight is 313 g/mol. The SMILES string of the molecule is NC1(c2noc(-c3ccc(OCC(F)(F)F)cc3)n2)CCC1. The molecule has 3 rings (SSSR count). The van der Waals surface area contributed by atoms with Crippen LogP contribution in [0, 0.1) is 0 Å². The second kappa shape index (κ2) is 5.28. The van der Waals surface area contributed by atoms with Gasteiger partial charge in [-0.15, -0.1) is 0 Å². The lowest BCUT2D eigenvalue weighted by Crippen LogP contribution is -2.44. The molecule has 5 nitrogen and oxygen atoms in total. The maximum absolute atomic E-state index is 12.1. The van der Waals surface area contributed by atoms with Gasteiger partial charge in [0.05, 0.1) is 5.54 Å². The fraction of sp³-hybridized carbons (Fsp3) is 0.429. The molecule has 0 saturated heterocycles. The molecule has 1 saturated carbocycles. The summed E-state index contributed by atoms with van der Waals surface area (Å²) in [5, 5.41) is 3.89. The number of hydrogen-bond donors (Lipinski definition) is 1. The third kappa shape index (κ3) is 3.06. The molecule has 0 aliphatic heterocycles. The van der Waals surface area contributed by atoms with Crippen LogP contribution in [0.3, 0.4) is 0 Å². The topological polar surface area (TPSA) is 74.2 Å². The Balaban J connectivity index is 1.70. The number of rotatable bonds is 4. The van der Waals surface area contributed by atoms with E-state index in [4.69, 9.17) is 10.3 Å². The van der Waals surface area contributed by atoms with Crippen LogP contribution in [0.15, 0.2) is 28.8 Å². The first-order valence-electron chi connectivity index (χ1n) is 6.79. The summed E-state index contributed by atoms with van der Waals surface area (Å²) in [5.74, 6) is 0.871. The molecule has 0 bridgehead atoms. The van der Waals surface area contributed by atoms with Gasteiger partial charge in [-0.3, -0.25) is 0 Å². The molecule has 22 heavy (non-hydrogen) atoms. The molecule has 0 spiro atoms. The maximum atomic E-state index is 12.1. The number of nitrogens with two attached hydrogens (primary N) is 1. The average Bonchev–Trinajstić information content (AvgIpc) is 2.92. The Hall–Kier alpha value is -2.09. The molecule has 0 radical (unpaired) electrons. The Bertz CT molecular complexity index is 648. The predicted octanol–water partition coefficient (Wildman–Crippen LogP) is 3.02. The number of ether oxygens (including phenoxy) is 1. The van der Waals surface area contributed by atoms with Crippen molar-refractivity contribution >= 4 is 0 Å². The minimum Gasteiger partial charge on any atom is -0.484 e. The summed E-state index contributed by atoms with van der Waals surface area (Å²) in [6.07, 6.45) is -1.70. The van der Waals surface area contributed by atoms with Gasteiger partial charge in [0.1, 0.15) is 5.75 Å². The number of benzene rings is 1. The maximum Gasteiger partial charge on any atom is 0.422 e. The van der Waals surface area contributed by atoms with Gasteiger partial charge < -0.3 is 15.0 Å². The summed E-state index contributed by atoms with van der Waals surface area (Å²) >= 11 is 0. The molecule has 0 unspecified atom stereocenters. The lowest BCUT2D eigenvalue weighted by Gasteiger charge is -2.34. The number of nitrogens with zero attached hydrogens (tertiary/aromatic N) is 2. The van der Waals surface area contributed by atoms with Crippen LogP contribution in [-0.2, 0) is 5.54 Å². The fourth-order valence-electron chi connectivity index (χ4n) is 2.18. The third-order valence-corrected chi connectivity index (χ3v) is 3.62. The molecule has 0 atom stereocenters. The zero-order valence-corrected chi connectivity index (χ0v) is 11.6. The predicted molar refractivity (Wildman–Crippen MR) is 71.0 cm³/mol. The highest BCUT2D eigenvalue weighted by Gasteiger charge is 2.39. The smallest absolute Gasteiger partial charge is 0.422 e. The molecule has 118 valence electrons. The van der Waals surface area contributed by atoms with E-state index in [1.54, 1.807) is 12.1 Å². The highest BCUT2D eigenvalue weighted by Crippen LogP contribution is 2.37. The van der Waals surface area contributed by atoms with Gasteiger partial charge >= 0.3 is 6.18 Å². The Morgan fingerprint density at radius 2 is 1.91 bits per heavy atom. The van der Waals surface area contributed by atoms with Gasteiger partial charge in [0.25, 0.3) is 5.89 Å². The van der Waals surface area contributed by atoms with Crippen LogP contribution < -0.4 is 10.5 Å². The van der Waals surface area contributed by atoms with E-state index in [0.29, 0.717) is 11.4 Å². The van der Waals surface area contributed by atoms with Crippen molar-refractivity contribution in [1.82, 2.24) is 10.1 Å². The van der Waals surface area contributed by atoms with Crippen LogP contribution >= 0.6 is 0 Å². The molecule has 1 aromatic carbocycles. The van der Waals surface area contributed by atoms with Crippen molar-refractivity contribution < 1.29 is 22.4 Å². The molecule has 1 aromatic heterocycles. The van der Waals surface area contributed by atoms with E-state index in [9.17, 15) is 13.2 Å². The molecule has 1 heterocycles. The standard InChI is InChI=1S/C14H14F3N3O2/c15-14(16,17)8-21-10-4-2-9(3-5-10)11-19-12(20-22-11)13(18)6-1-7-13/h2-5H,1,6-8,18H2. The highest BCUT2D eigenvalue weighted by molar-refractivity contribution is 5.54. The number of halogens is 3. The van der Waals surface area contributed by atoms with Crippen LogP contribution in [0.2, 0.25) is 0 Å². The summed E-state index contributed by atoms with van der Waals surface area (Å²) in [7, 11) is 0. The zero-order chi connectivity index (χ0) is 15.8. The van der Waals surface area contributed by atoms with Crippen molar-refractivity contribution in [3.63, 3.8) is 0 Å². The molecular weight excluding hydrogens is 299 g/mol. The van der Waals surface area contributed by atoms with Crippen LogP contribution in [0.25, 0.3) is 11.5 Å². The van der Waals surface area contributed by atoms with E-state index in [-0.39, 0.29) is 11.6 Å². The van der Waals surface area contributed by atoms with Crippen LogP contribution in [0.4, 0.5) is 13.2 Å². The van der Waals surface area contributed by atoms with Crippen LogP contribution in [-0.4, -0.2) is 22.9 Å². The van der Waals surface area contributed by atoms with Crippen molar-refractivity contribution in [3.05, 3.63) is 30.1 Å². The molecular formula is C14H14F3N3O2. The summed E-state index contributed by atoms with van der Waals surface area (Å²) in [6, 6.07) is 5.97. The Labute approximate surface area is 124 Å². The molecule has 1 fully saturated rings. The Kier molecular flexibility index (Phi) is 3.56. The van der Waals surface area contributed by atoms with E-state index >= 15 is 0 Å². The van der Waals surface area contributed by atoms with Crippen molar-refractivity contribution in [1.29, 1.82) is 0 Å². The van der Waals surface area contributed by atoms with Crippen LogP contribution in [0.1, 0.15) is 25.1 Å². The van der Waals surface area contributed by atoms with Crippen molar-refractivity contribution in [2.24, 2.45) is 5.73 Å². The summed E-state index contributed by atoms with van der Waals surface area (Å²) < 4.78 is 46.0. The molecule has 1 aliphatic rings. The van der Waals surface area contributed by atoms with Crippen molar-refractivity contribution in [3.8, 4) is 17.2 Å². The van der Waals surface area contributed by atoms with E-state index < -0.39 is 18.3 Å². The minimum atomic E-state index is -4.36. The summed E-state index contributed by atoms with van der Waals surface area (Å²) in [6.45, 7) is -1.33. The first kappa shape index (κ1) is 14.8. The van der Waals surface area contributed by atoms with E-state index in [2.05, 4.69) is 14.9 Å². The van der Waals surface area contributed by atoms with E-state index in [1.165, 1.54) is 12.1 Å². The molecule has 0 amide bonds. The summed E-state index contributed by atoms with van der Waals surface area (Å²) in [4.78, 5) is 4.27. The summed E-state index contributed by atoms with van der Waals surface area (Å²) in [5.41, 5.74) is 6.19. The van der Waals surface area contributed by atoms with Crippen molar-refractivity contribution in [2.45, 2.75) is 31.0 Å². The molecule has 8 heteroatoms. The first-order chi connectivity index (χ1) is 10.4. The van der Waals surface area contributed by atoms with E-state index in [0.717, 1.165) is 19.3 Å². The van der Waals surface area contributed by atoms with E-state index in [1.807, 2.05) is 0 Å². The van der Waals surface area contributed by atoms with Gasteiger partial charge in [0.2, 0.25) is 0 Å². The lowest BCUT2D eigenvalue weighted by atomic mass is 9.77. The molecule has 1 aliphatic carbocycles. The number of aromatic nitrogens is 2. The van der Waals surface area contributed by atoms with Crippen molar-refractivity contribution in [2.75, 3.05) is 6.61 Å². The normalized spacial score (nSPS) is 17.1. The van der Waals surface area contributed by atoms with Crippen LogP contribution in [0.5, 0.6) is 5.75 Å². The lowest BCUT2D eigenvalue weighted by molar-refractivity contribution is -0.153. The zero-order valence-electron chi connectivity index (χ0n) is 11.6. The largest absolute Gasteiger partial charge is 0.484 e.